The third kappa shape index (κ3) is 3.34. The molecule has 6 heteroatoms. The molecule has 0 aliphatic rings. The first-order valence-corrected chi connectivity index (χ1v) is 7.39. The summed E-state index contributed by atoms with van der Waals surface area (Å²) in [6.07, 6.45) is 0. The summed E-state index contributed by atoms with van der Waals surface area (Å²) in [5.41, 5.74) is 2.43. The molecule has 0 fully saturated rings. The standard InChI is InChI=1S/C17H19N3O3/c1-4-23-17(22)13(9-18)15(12-7-5-10(2)6-8-12)14-11(3)19-20-16(14)21/h5-8,13,15H,4H2,1-3H3,(H2,19,20,21)/t13-,15-/m0/s1. The van der Waals surface area contributed by atoms with E-state index in [1.807, 2.05) is 37.3 Å². The fourth-order valence-corrected chi connectivity index (χ4v) is 2.62. The molecule has 0 radical (unpaired) electrons. The van der Waals surface area contributed by atoms with E-state index in [-0.39, 0.29) is 12.2 Å². The highest BCUT2D eigenvalue weighted by atomic mass is 16.5. The lowest BCUT2D eigenvalue weighted by Gasteiger charge is -2.20. The average Bonchev–Trinajstić information content (AvgIpc) is 2.85. The SMILES string of the molecule is CCOC(=O)[C@@H](C#N)[C@H](c1ccc(C)cc1)c1c(C)[nH][nH]c1=O. The molecular weight excluding hydrogens is 294 g/mol. The van der Waals surface area contributed by atoms with E-state index in [1.165, 1.54) is 0 Å². The van der Waals surface area contributed by atoms with Crippen LogP contribution >= 0.6 is 0 Å². The summed E-state index contributed by atoms with van der Waals surface area (Å²) in [6, 6.07) is 9.43. The van der Waals surface area contributed by atoms with Crippen molar-refractivity contribution in [1.82, 2.24) is 10.2 Å². The van der Waals surface area contributed by atoms with Crippen LogP contribution in [-0.2, 0) is 9.53 Å². The minimum absolute atomic E-state index is 0.181. The molecule has 2 aromatic rings. The highest BCUT2D eigenvalue weighted by Gasteiger charge is 2.35. The molecule has 0 aliphatic carbocycles. The molecule has 0 bridgehead atoms. The molecule has 1 aromatic heterocycles. The highest BCUT2D eigenvalue weighted by molar-refractivity contribution is 5.77. The predicted octanol–water partition coefficient (Wildman–Crippen LogP) is 2.15. The van der Waals surface area contributed by atoms with Crippen LogP contribution in [0, 0.1) is 31.1 Å². The van der Waals surface area contributed by atoms with Gasteiger partial charge in [0.05, 0.1) is 12.7 Å². The Balaban J connectivity index is 2.60. The number of hydrogen-bond acceptors (Lipinski definition) is 4. The quantitative estimate of drug-likeness (QED) is 0.826. The zero-order valence-electron chi connectivity index (χ0n) is 13.3. The van der Waals surface area contributed by atoms with E-state index in [2.05, 4.69) is 10.2 Å². The molecule has 2 rings (SSSR count). The number of rotatable bonds is 5. The van der Waals surface area contributed by atoms with Gasteiger partial charge in [-0.15, -0.1) is 0 Å². The lowest BCUT2D eigenvalue weighted by Crippen LogP contribution is -2.27. The molecule has 0 spiro atoms. The van der Waals surface area contributed by atoms with Gasteiger partial charge in [0.2, 0.25) is 0 Å². The second-order valence-corrected chi connectivity index (χ2v) is 5.36. The number of ether oxygens (including phenoxy) is 1. The monoisotopic (exact) mass is 313 g/mol. The molecule has 0 aliphatic heterocycles. The molecule has 0 saturated heterocycles. The number of aryl methyl sites for hydroxylation is 2. The molecule has 1 aromatic carbocycles. The summed E-state index contributed by atoms with van der Waals surface area (Å²) < 4.78 is 5.02. The first kappa shape index (κ1) is 16.6. The molecule has 1 heterocycles. The number of aromatic amines is 2. The Labute approximate surface area is 134 Å². The fourth-order valence-electron chi connectivity index (χ4n) is 2.62. The van der Waals surface area contributed by atoms with Gasteiger partial charge >= 0.3 is 5.97 Å². The summed E-state index contributed by atoms with van der Waals surface area (Å²) >= 11 is 0. The van der Waals surface area contributed by atoms with Crippen LogP contribution in [0.15, 0.2) is 29.1 Å². The van der Waals surface area contributed by atoms with Gasteiger partial charge in [0.15, 0.2) is 5.92 Å². The Bertz CT molecular complexity index is 781. The average molecular weight is 313 g/mol. The molecule has 0 saturated carbocycles. The van der Waals surface area contributed by atoms with Crippen LogP contribution in [0.2, 0.25) is 0 Å². The maximum absolute atomic E-state index is 12.2. The van der Waals surface area contributed by atoms with Crippen molar-refractivity contribution < 1.29 is 9.53 Å². The number of hydrogen-bond donors (Lipinski definition) is 2. The Kier molecular flexibility index (Phi) is 5.02. The van der Waals surface area contributed by atoms with Crippen molar-refractivity contribution in [1.29, 1.82) is 5.26 Å². The van der Waals surface area contributed by atoms with Crippen LogP contribution < -0.4 is 5.56 Å². The number of H-pyrrole nitrogens is 2. The van der Waals surface area contributed by atoms with Crippen molar-refractivity contribution in [3.8, 4) is 6.07 Å². The number of benzene rings is 1. The zero-order valence-corrected chi connectivity index (χ0v) is 13.3. The van der Waals surface area contributed by atoms with Crippen LogP contribution in [0.25, 0.3) is 0 Å². The summed E-state index contributed by atoms with van der Waals surface area (Å²) in [6.45, 7) is 5.54. The van der Waals surface area contributed by atoms with Crippen molar-refractivity contribution in [2.75, 3.05) is 6.61 Å². The predicted molar refractivity (Wildman–Crippen MR) is 84.9 cm³/mol. The van der Waals surface area contributed by atoms with Gasteiger partial charge in [-0.25, -0.2) is 0 Å². The number of esters is 1. The van der Waals surface area contributed by atoms with Gasteiger partial charge in [0.1, 0.15) is 0 Å². The number of carbonyl (C=O) groups is 1. The van der Waals surface area contributed by atoms with Gasteiger partial charge in [0.25, 0.3) is 5.56 Å². The van der Waals surface area contributed by atoms with Crippen LogP contribution in [-0.4, -0.2) is 22.8 Å². The van der Waals surface area contributed by atoms with E-state index >= 15 is 0 Å². The Morgan fingerprint density at radius 1 is 1.26 bits per heavy atom. The number of nitriles is 1. The molecule has 120 valence electrons. The number of carbonyl (C=O) groups excluding carboxylic acids is 1. The van der Waals surface area contributed by atoms with Gasteiger partial charge in [-0.3, -0.25) is 14.7 Å². The smallest absolute Gasteiger partial charge is 0.324 e. The maximum Gasteiger partial charge on any atom is 0.324 e. The normalized spacial score (nSPS) is 13.1. The summed E-state index contributed by atoms with van der Waals surface area (Å²) in [7, 11) is 0. The van der Waals surface area contributed by atoms with E-state index in [0.717, 1.165) is 11.1 Å². The van der Waals surface area contributed by atoms with Gasteiger partial charge in [-0.1, -0.05) is 29.8 Å². The molecular formula is C17H19N3O3. The Morgan fingerprint density at radius 2 is 1.91 bits per heavy atom. The number of nitrogens with one attached hydrogen (secondary N) is 2. The minimum atomic E-state index is -1.09. The third-order valence-corrected chi connectivity index (χ3v) is 3.77. The van der Waals surface area contributed by atoms with Crippen LogP contribution in [0.3, 0.4) is 0 Å². The molecule has 0 amide bonds. The van der Waals surface area contributed by atoms with Crippen LogP contribution in [0.1, 0.15) is 35.2 Å². The third-order valence-electron chi connectivity index (χ3n) is 3.77. The number of nitrogens with zero attached hydrogens (tertiary/aromatic N) is 1. The first-order chi connectivity index (χ1) is 11.0. The molecule has 2 N–H and O–H groups in total. The van der Waals surface area contributed by atoms with Crippen LogP contribution in [0.4, 0.5) is 0 Å². The van der Waals surface area contributed by atoms with Gasteiger partial charge in [-0.05, 0) is 26.3 Å². The van der Waals surface area contributed by atoms with Gasteiger partial charge in [-0.2, -0.15) is 5.26 Å². The van der Waals surface area contributed by atoms with Crippen molar-refractivity contribution in [3.63, 3.8) is 0 Å². The second kappa shape index (κ2) is 6.97. The zero-order chi connectivity index (χ0) is 17.0. The lowest BCUT2D eigenvalue weighted by molar-refractivity contribution is -0.146. The van der Waals surface area contributed by atoms with E-state index in [4.69, 9.17) is 4.74 Å². The second-order valence-electron chi connectivity index (χ2n) is 5.36. The number of aromatic nitrogens is 2. The summed E-state index contributed by atoms with van der Waals surface area (Å²) in [5, 5.41) is 14.8. The largest absolute Gasteiger partial charge is 0.465 e. The maximum atomic E-state index is 12.2. The Morgan fingerprint density at radius 3 is 2.39 bits per heavy atom. The molecule has 0 unspecified atom stereocenters. The van der Waals surface area contributed by atoms with Crippen LogP contribution in [0.5, 0.6) is 0 Å². The minimum Gasteiger partial charge on any atom is -0.465 e. The van der Waals surface area contributed by atoms with Crippen molar-refractivity contribution in [3.05, 3.63) is 57.0 Å². The van der Waals surface area contributed by atoms with Crippen molar-refractivity contribution in [2.24, 2.45) is 5.92 Å². The molecule has 2 atom stereocenters. The van der Waals surface area contributed by atoms with Gasteiger partial charge in [0, 0.05) is 17.2 Å². The highest BCUT2D eigenvalue weighted by Crippen LogP contribution is 2.32. The van der Waals surface area contributed by atoms with Gasteiger partial charge < -0.3 is 9.84 Å². The van der Waals surface area contributed by atoms with Crippen molar-refractivity contribution in [2.45, 2.75) is 26.7 Å². The van der Waals surface area contributed by atoms with E-state index in [9.17, 15) is 14.9 Å². The lowest BCUT2D eigenvalue weighted by atomic mass is 9.81. The van der Waals surface area contributed by atoms with E-state index in [0.29, 0.717) is 11.3 Å². The van der Waals surface area contributed by atoms with E-state index in [1.54, 1.807) is 13.8 Å². The van der Waals surface area contributed by atoms with Crippen molar-refractivity contribution >= 4 is 5.97 Å². The fraction of sp³-hybridized carbons (Fsp3) is 0.353. The van der Waals surface area contributed by atoms with E-state index < -0.39 is 17.8 Å². The summed E-state index contributed by atoms with van der Waals surface area (Å²) in [4.78, 5) is 24.4. The Hall–Kier alpha value is -2.81. The topological polar surface area (TPSA) is 98.7 Å². The molecule has 23 heavy (non-hydrogen) atoms. The molecule has 6 nitrogen and oxygen atoms in total. The summed E-state index contributed by atoms with van der Waals surface area (Å²) in [5.74, 6) is -2.40. The first-order valence-electron chi connectivity index (χ1n) is 7.39.